The van der Waals surface area contributed by atoms with Crippen LogP contribution in [-0.4, -0.2) is 38.7 Å². The summed E-state index contributed by atoms with van der Waals surface area (Å²) in [5, 5.41) is 10.7. The standard InChI is InChI=1S/C18H20N6O.2ClH/c25-18(16-7-11-24(23-16)15-2-1-8-19-12-15)22-14-5-3-13(4-6-14)17-20-9-10-21-17;;/h3-7,9-11,15,19H,1-2,8,12H2,(H,20,21)(H,22,25);2*1H. The second-order valence-electron chi connectivity index (χ2n) is 6.15. The molecule has 1 unspecified atom stereocenters. The first-order valence-electron chi connectivity index (χ1n) is 8.46. The summed E-state index contributed by atoms with van der Waals surface area (Å²) >= 11 is 0. The quantitative estimate of drug-likeness (QED) is 0.617. The molecule has 144 valence electrons. The number of hydrogen-bond acceptors (Lipinski definition) is 4. The van der Waals surface area contributed by atoms with E-state index in [1.165, 1.54) is 0 Å². The molecule has 3 heterocycles. The molecule has 4 rings (SSSR count). The lowest BCUT2D eigenvalue weighted by Crippen LogP contribution is -2.32. The Morgan fingerprint density at radius 2 is 2.00 bits per heavy atom. The lowest BCUT2D eigenvalue weighted by molar-refractivity contribution is 0.102. The third-order valence-corrected chi connectivity index (χ3v) is 4.40. The van der Waals surface area contributed by atoms with E-state index in [1.54, 1.807) is 18.5 Å². The molecular weight excluding hydrogens is 387 g/mol. The molecule has 0 saturated carbocycles. The van der Waals surface area contributed by atoms with Crippen molar-refractivity contribution in [3.8, 4) is 11.4 Å². The van der Waals surface area contributed by atoms with Crippen molar-refractivity contribution in [2.75, 3.05) is 18.4 Å². The number of carbonyl (C=O) groups excluding carboxylic acids is 1. The van der Waals surface area contributed by atoms with E-state index < -0.39 is 0 Å². The lowest BCUT2D eigenvalue weighted by Gasteiger charge is -2.22. The molecule has 0 aliphatic carbocycles. The Morgan fingerprint density at radius 3 is 2.67 bits per heavy atom. The Hall–Kier alpha value is -2.35. The zero-order valence-electron chi connectivity index (χ0n) is 14.6. The largest absolute Gasteiger partial charge is 0.345 e. The van der Waals surface area contributed by atoms with E-state index in [9.17, 15) is 4.79 Å². The minimum Gasteiger partial charge on any atom is -0.345 e. The van der Waals surface area contributed by atoms with Gasteiger partial charge in [-0.05, 0) is 49.7 Å². The third-order valence-electron chi connectivity index (χ3n) is 4.40. The van der Waals surface area contributed by atoms with Crippen molar-refractivity contribution in [2.45, 2.75) is 18.9 Å². The Balaban J connectivity index is 0.00000131. The highest BCUT2D eigenvalue weighted by molar-refractivity contribution is 6.02. The Kier molecular flexibility index (Phi) is 7.41. The van der Waals surface area contributed by atoms with Crippen molar-refractivity contribution in [1.82, 2.24) is 25.1 Å². The first-order chi connectivity index (χ1) is 12.3. The van der Waals surface area contributed by atoms with Crippen LogP contribution in [0.5, 0.6) is 0 Å². The van der Waals surface area contributed by atoms with Gasteiger partial charge in [-0.1, -0.05) is 0 Å². The molecule has 0 bridgehead atoms. The summed E-state index contributed by atoms with van der Waals surface area (Å²) in [6.07, 6.45) is 7.59. The highest BCUT2D eigenvalue weighted by Crippen LogP contribution is 2.19. The number of piperidine rings is 1. The molecule has 1 fully saturated rings. The molecule has 0 radical (unpaired) electrons. The molecule has 0 spiro atoms. The second kappa shape index (κ2) is 9.55. The molecule has 1 aliphatic rings. The van der Waals surface area contributed by atoms with Gasteiger partial charge in [-0.2, -0.15) is 5.10 Å². The van der Waals surface area contributed by atoms with Crippen LogP contribution >= 0.6 is 24.8 Å². The molecular formula is C18H22Cl2N6O. The molecule has 3 N–H and O–H groups in total. The summed E-state index contributed by atoms with van der Waals surface area (Å²) in [5.41, 5.74) is 2.13. The van der Waals surface area contributed by atoms with Crippen LogP contribution in [0.3, 0.4) is 0 Å². The molecule has 27 heavy (non-hydrogen) atoms. The van der Waals surface area contributed by atoms with Crippen molar-refractivity contribution in [3.63, 3.8) is 0 Å². The van der Waals surface area contributed by atoms with Gasteiger partial charge in [-0.25, -0.2) is 4.98 Å². The minimum atomic E-state index is -0.201. The zero-order valence-corrected chi connectivity index (χ0v) is 16.2. The van der Waals surface area contributed by atoms with Crippen LogP contribution in [0, 0.1) is 0 Å². The van der Waals surface area contributed by atoms with E-state index in [1.807, 2.05) is 35.1 Å². The third kappa shape index (κ3) is 4.88. The number of halogens is 2. The predicted molar refractivity (Wildman–Crippen MR) is 110 cm³/mol. The number of imidazole rings is 1. The van der Waals surface area contributed by atoms with Crippen LogP contribution in [-0.2, 0) is 0 Å². The Labute approximate surface area is 169 Å². The Bertz CT molecular complexity index is 841. The molecule has 1 aliphatic heterocycles. The lowest BCUT2D eigenvalue weighted by atomic mass is 10.1. The van der Waals surface area contributed by atoms with Crippen LogP contribution < -0.4 is 10.6 Å². The number of carbonyl (C=O) groups is 1. The molecule has 3 aromatic rings. The van der Waals surface area contributed by atoms with E-state index >= 15 is 0 Å². The summed E-state index contributed by atoms with van der Waals surface area (Å²) in [6, 6.07) is 9.64. The van der Waals surface area contributed by atoms with Crippen molar-refractivity contribution >= 4 is 36.4 Å². The number of nitrogens with zero attached hydrogens (tertiary/aromatic N) is 3. The molecule has 1 atom stereocenters. The normalized spacial score (nSPS) is 16.1. The number of benzene rings is 1. The van der Waals surface area contributed by atoms with E-state index in [4.69, 9.17) is 0 Å². The van der Waals surface area contributed by atoms with Gasteiger partial charge in [0.1, 0.15) is 5.82 Å². The first kappa shape index (κ1) is 21.0. The van der Waals surface area contributed by atoms with Crippen LogP contribution in [0.1, 0.15) is 29.4 Å². The molecule has 2 aromatic heterocycles. The van der Waals surface area contributed by atoms with Crippen LogP contribution in [0.25, 0.3) is 11.4 Å². The fourth-order valence-electron chi connectivity index (χ4n) is 3.05. The minimum absolute atomic E-state index is 0. The van der Waals surface area contributed by atoms with Crippen molar-refractivity contribution in [2.24, 2.45) is 0 Å². The average Bonchev–Trinajstić information content (AvgIpc) is 3.35. The smallest absolute Gasteiger partial charge is 0.276 e. The number of rotatable bonds is 4. The van der Waals surface area contributed by atoms with Crippen LogP contribution in [0.15, 0.2) is 48.9 Å². The van der Waals surface area contributed by atoms with Gasteiger partial charge in [0.05, 0.1) is 6.04 Å². The average molecular weight is 409 g/mol. The second-order valence-corrected chi connectivity index (χ2v) is 6.15. The molecule has 1 saturated heterocycles. The van der Waals surface area contributed by atoms with Gasteiger partial charge in [0.25, 0.3) is 5.91 Å². The predicted octanol–water partition coefficient (Wildman–Crippen LogP) is 3.29. The van der Waals surface area contributed by atoms with Crippen LogP contribution in [0.2, 0.25) is 0 Å². The first-order valence-corrected chi connectivity index (χ1v) is 8.46. The molecule has 9 heteroatoms. The number of aromatic amines is 1. The number of H-pyrrole nitrogens is 1. The zero-order chi connectivity index (χ0) is 17.1. The van der Waals surface area contributed by atoms with Crippen molar-refractivity contribution in [3.05, 3.63) is 54.6 Å². The van der Waals surface area contributed by atoms with Crippen LogP contribution in [0.4, 0.5) is 5.69 Å². The maximum Gasteiger partial charge on any atom is 0.276 e. The summed E-state index contributed by atoms with van der Waals surface area (Å²) in [5.74, 6) is 0.603. The summed E-state index contributed by atoms with van der Waals surface area (Å²) in [7, 11) is 0. The maximum atomic E-state index is 12.4. The van der Waals surface area contributed by atoms with Gasteiger partial charge in [0.2, 0.25) is 0 Å². The summed E-state index contributed by atoms with van der Waals surface area (Å²) in [6.45, 7) is 1.95. The molecule has 1 amide bonds. The number of nitrogens with one attached hydrogen (secondary N) is 3. The SMILES string of the molecule is Cl.Cl.O=C(Nc1ccc(-c2ncc[nH]2)cc1)c1ccn(C2CCCNC2)n1. The molecule has 1 aromatic carbocycles. The van der Waals surface area contributed by atoms with E-state index in [0.717, 1.165) is 43.0 Å². The van der Waals surface area contributed by atoms with E-state index in [0.29, 0.717) is 11.7 Å². The summed E-state index contributed by atoms with van der Waals surface area (Å²) < 4.78 is 1.89. The number of aromatic nitrogens is 4. The monoisotopic (exact) mass is 408 g/mol. The van der Waals surface area contributed by atoms with Gasteiger partial charge >= 0.3 is 0 Å². The molecule has 7 nitrogen and oxygen atoms in total. The number of anilines is 1. The van der Waals surface area contributed by atoms with Crippen molar-refractivity contribution < 1.29 is 4.79 Å². The number of hydrogen-bond donors (Lipinski definition) is 3. The van der Waals surface area contributed by atoms with Gasteiger partial charge < -0.3 is 15.6 Å². The Morgan fingerprint density at radius 1 is 1.19 bits per heavy atom. The van der Waals surface area contributed by atoms with Gasteiger partial charge in [0.15, 0.2) is 5.69 Å². The van der Waals surface area contributed by atoms with Gasteiger partial charge in [0, 0.05) is 36.4 Å². The maximum absolute atomic E-state index is 12.4. The van der Waals surface area contributed by atoms with E-state index in [2.05, 4.69) is 25.7 Å². The van der Waals surface area contributed by atoms with E-state index in [-0.39, 0.29) is 30.7 Å². The highest BCUT2D eigenvalue weighted by atomic mass is 35.5. The van der Waals surface area contributed by atoms with Crippen molar-refractivity contribution in [1.29, 1.82) is 0 Å². The van der Waals surface area contributed by atoms with Gasteiger partial charge in [-0.3, -0.25) is 9.48 Å². The summed E-state index contributed by atoms with van der Waals surface area (Å²) in [4.78, 5) is 19.7. The van der Waals surface area contributed by atoms with Gasteiger partial charge in [-0.15, -0.1) is 24.8 Å². The highest BCUT2D eigenvalue weighted by Gasteiger charge is 2.17. The fourth-order valence-corrected chi connectivity index (χ4v) is 3.05. The fraction of sp³-hybridized carbons (Fsp3) is 0.278. The number of amides is 1. The topological polar surface area (TPSA) is 87.6 Å².